The first-order valence-electron chi connectivity index (χ1n) is 9.34. The standard InChI is InChI=1S/C18H28N4O2/c1-13(2)9-16(23)21-10-15(18(11-21)5-7-24-8-6-18)17-20-19-12-22(17)14-3-4-14/h12-15H,3-11H2,1-2H3. The Balaban J connectivity index is 1.62. The Morgan fingerprint density at radius 2 is 2.12 bits per heavy atom. The van der Waals surface area contributed by atoms with Crippen LogP contribution in [0.4, 0.5) is 0 Å². The van der Waals surface area contributed by atoms with E-state index in [-0.39, 0.29) is 11.3 Å². The van der Waals surface area contributed by atoms with Crippen LogP contribution in [0.3, 0.4) is 0 Å². The molecule has 0 aromatic carbocycles. The lowest BCUT2D eigenvalue weighted by Gasteiger charge is -2.37. The van der Waals surface area contributed by atoms with Crippen LogP contribution in [0.15, 0.2) is 6.33 Å². The molecule has 1 unspecified atom stereocenters. The molecule has 1 amide bonds. The van der Waals surface area contributed by atoms with Gasteiger partial charge in [-0.3, -0.25) is 4.79 Å². The summed E-state index contributed by atoms with van der Waals surface area (Å²) in [6.45, 7) is 7.44. The minimum atomic E-state index is 0.116. The highest BCUT2D eigenvalue weighted by Crippen LogP contribution is 2.50. The van der Waals surface area contributed by atoms with Crippen molar-refractivity contribution >= 4 is 5.91 Å². The molecule has 0 radical (unpaired) electrons. The smallest absolute Gasteiger partial charge is 0.222 e. The van der Waals surface area contributed by atoms with Crippen molar-refractivity contribution in [3.63, 3.8) is 0 Å². The number of amides is 1. The molecule has 1 spiro atoms. The van der Waals surface area contributed by atoms with Crippen molar-refractivity contribution in [2.75, 3.05) is 26.3 Å². The quantitative estimate of drug-likeness (QED) is 0.849. The molecule has 6 nitrogen and oxygen atoms in total. The van der Waals surface area contributed by atoms with Crippen LogP contribution < -0.4 is 0 Å². The fourth-order valence-electron chi connectivity index (χ4n) is 4.41. The lowest BCUT2D eigenvalue weighted by molar-refractivity contribution is -0.131. The van der Waals surface area contributed by atoms with E-state index in [9.17, 15) is 4.79 Å². The molecule has 1 aromatic heterocycles. The van der Waals surface area contributed by atoms with Gasteiger partial charge in [-0.1, -0.05) is 13.8 Å². The summed E-state index contributed by atoms with van der Waals surface area (Å²) < 4.78 is 7.90. The van der Waals surface area contributed by atoms with Crippen molar-refractivity contribution in [2.24, 2.45) is 11.3 Å². The van der Waals surface area contributed by atoms with Crippen LogP contribution in [0.1, 0.15) is 63.7 Å². The van der Waals surface area contributed by atoms with E-state index in [1.165, 1.54) is 12.8 Å². The van der Waals surface area contributed by atoms with Crippen LogP contribution in [0.2, 0.25) is 0 Å². The van der Waals surface area contributed by atoms with Crippen LogP contribution in [-0.4, -0.2) is 51.9 Å². The molecule has 24 heavy (non-hydrogen) atoms. The molecular formula is C18H28N4O2. The van der Waals surface area contributed by atoms with E-state index >= 15 is 0 Å². The summed E-state index contributed by atoms with van der Waals surface area (Å²) in [5, 5.41) is 8.70. The van der Waals surface area contributed by atoms with Crippen LogP contribution in [0.5, 0.6) is 0 Å². The van der Waals surface area contributed by atoms with E-state index in [0.29, 0.717) is 24.3 Å². The molecule has 6 heteroatoms. The fraction of sp³-hybridized carbons (Fsp3) is 0.833. The molecule has 0 bridgehead atoms. The van der Waals surface area contributed by atoms with Gasteiger partial charge in [0.2, 0.25) is 5.91 Å². The molecule has 1 atom stereocenters. The average Bonchev–Trinajstić information content (AvgIpc) is 3.17. The molecule has 3 aliphatic rings. The predicted molar refractivity (Wildman–Crippen MR) is 89.6 cm³/mol. The second kappa shape index (κ2) is 6.14. The van der Waals surface area contributed by atoms with E-state index in [2.05, 4.69) is 33.5 Å². The molecule has 3 heterocycles. The molecule has 3 fully saturated rings. The van der Waals surface area contributed by atoms with Crippen molar-refractivity contribution in [2.45, 2.75) is 57.9 Å². The zero-order valence-corrected chi connectivity index (χ0v) is 14.8. The van der Waals surface area contributed by atoms with E-state index in [4.69, 9.17) is 4.74 Å². The molecule has 1 saturated carbocycles. The van der Waals surface area contributed by atoms with E-state index in [0.717, 1.165) is 45.0 Å². The first-order chi connectivity index (χ1) is 11.6. The highest BCUT2D eigenvalue weighted by Gasteiger charge is 2.51. The second-order valence-electron chi connectivity index (χ2n) is 8.23. The molecule has 1 aromatic rings. The topological polar surface area (TPSA) is 60.2 Å². The Hall–Kier alpha value is -1.43. The van der Waals surface area contributed by atoms with E-state index in [1.807, 2.05) is 6.33 Å². The van der Waals surface area contributed by atoms with Gasteiger partial charge in [0, 0.05) is 50.1 Å². The Morgan fingerprint density at radius 1 is 1.38 bits per heavy atom. The number of hydrogen-bond acceptors (Lipinski definition) is 4. The number of ether oxygens (including phenoxy) is 1. The maximum Gasteiger partial charge on any atom is 0.222 e. The van der Waals surface area contributed by atoms with Crippen LogP contribution in [-0.2, 0) is 9.53 Å². The number of aromatic nitrogens is 3. The lowest BCUT2D eigenvalue weighted by Crippen LogP contribution is -2.38. The Kier molecular flexibility index (Phi) is 4.11. The molecule has 0 N–H and O–H groups in total. The normalized spacial score (nSPS) is 26.5. The molecule has 1 aliphatic carbocycles. The number of carbonyl (C=O) groups is 1. The largest absolute Gasteiger partial charge is 0.381 e. The van der Waals surface area contributed by atoms with Gasteiger partial charge in [0.1, 0.15) is 12.2 Å². The van der Waals surface area contributed by atoms with Gasteiger partial charge in [0.05, 0.1) is 0 Å². The molecular weight excluding hydrogens is 304 g/mol. The van der Waals surface area contributed by atoms with Crippen LogP contribution in [0.25, 0.3) is 0 Å². The van der Waals surface area contributed by atoms with Gasteiger partial charge >= 0.3 is 0 Å². The molecule has 132 valence electrons. The van der Waals surface area contributed by atoms with Gasteiger partial charge in [-0.25, -0.2) is 0 Å². The average molecular weight is 332 g/mol. The summed E-state index contributed by atoms with van der Waals surface area (Å²) in [7, 11) is 0. The highest BCUT2D eigenvalue weighted by atomic mass is 16.5. The van der Waals surface area contributed by atoms with Crippen molar-refractivity contribution in [1.29, 1.82) is 0 Å². The summed E-state index contributed by atoms with van der Waals surface area (Å²) >= 11 is 0. The third-order valence-corrected chi connectivity index (χ3v) is 5.92. The highest BCUT2D eigenvalue weighted by molar-refractivity contribution is 5.77. The lowest BCUT2D eigenvalue weighted by atomic mass is 9.71. The summed E-state index contributed by atoms with van der Waals surface area (Å²) in [5.41, 5.74) is 0.116. The minimum Gasteiger partial charge on any atom is -0.381 e. The van der Waals surface area contributed by atoms with Crippen LogP contribution >= 0.6 is 0 Å². The third kappa shape index (κ3) is 2.85. The Bertz CT molecular complexity index is 602. The van der Waals surface area contributed by atoms with Crippen molar-refractivity contribution in [1.82, 2.24) is 19.7 Å². The second-order valence-corrected chi connectivity index (χ2v) is 8.23. The Labute approximate surface area is 143 Å². The summed E-state index contributed by atoms with van der Waals surface area (Å²) in [4.78, 5) is 14.8. The van der Waals surface area contributed by atoms with Gasteiger partial charge < -0.3 is 14.2 Å². The summed E-state index contributed by atoms with van der Waals surface area (Å²) in [6.07, 6.45) is 7.00. The molecule has 2 aliphatic heterocycles. The van der Waals surface area contributed by atoms with Crippen LogP contribution in [0, 0.1) is 11.3 Å². The van der Waals surface area contributed by atoms with Gasteiger partial charge in [0.15, 0.2) is 0 Å². The van der Waals surface area contributed by atoms with Crippen molar-refractivity contribution in [3.8, 4) is 0 Å². The van der Waals surface area contributed by atoms with Crippen molar-refractivity contribution < 1.29 is 9.53 Å². The predicted octanol–water partition coefficient (Wildman–Crippen LogP) is 2.38. The fourth-order valence-corrected chi connectivity index (χ4v) is 4.41. The zero-order valence-electron chi connectivity index (χ0n) is 14.8. The SMILES string of the molecule is CC(C)CC(=O)N1CC(c2nncn2C2CC2)C2(CCOCC2)C1. The monoisotopic (exact) mass is 332 g/mol. The first-order valence-corrected chi connectivity index (χ1v) is 9.34. The van der Waals surface area contributed by atoms with Gasteiger partial charge in [-0.05, 0) is 31.6 Å². The van der Waals surface area contributed by atoms with Gasteiger partial charge in [-0.2, -0.15) is 0 Å². The number of rotatable bonds is 4. The number of nitrogens with zero attached hydrogens (tertiary/aromatic N) is 4. The molecule has 4 rings (SSSR count). The summed E-state index contributed by atoms with van der Waals surface area (Å²) in [5.74, 6) is 2.08. The van der Waals surface area contributed by atoms with E-state index in [1.54, 1.807) is 0 Å². The number of hydrogen-bond donors (Lipinski definition) is 0. The minimum absolute atomic E-state index is 0.116. The first kappa shape index (κ1) is 16.1. The summed E-state index contributed by atoms with van der Waals surface area (Å²) in [6, 6.07) is 0.576. The number of carbonyl (C=O) groups excluding carboxylic acids is 1. The Morgan fingerprint density at radius 3 is 2.79 bits per heavy atom. The van der Waals surface area contributed by atoms with Gasteiger partial charge in [-0.15, -0.1) is 10.2 Å². The maximum atomic E-state index is 12.7. The van der Waals surface area contributed by atoms with Gasteiger partial charge in [0.25, 0.3) is 0 Å². The van der Waals surface area contributed by atoms with E-state index < -0.39 is 0 Å². The maximum absolute atomic E-state index is 12.7. The third-order valence-electron chi connectivity index (χ3n) is 5.92. The molecule has 2 saturated heterocycles. The number of likely N-dealkylation sites (tertiary alicyclic amines) is 1. The zero-order chi connectivity index (χ0) is 16.7. The van der Waals surface area contributed by atoms with Crippen molar-refractivity contribution in [3.05, 3.63) is 12.2 Å².